The summed E-state index contributed by atoms with van der Waals surface area (Å²) in [6, 6.07) is 6.25. The summed E-state index contributed by atoms with van der Waals surface area (Å²) in [6.45, 7) is 2.13. The lowest BCUT2D eigenvalue weighted by molar-refractivity contribution is 0.414. The zero-order valence-electron chi connectivity index (χ0n) is 9.30. The molecule has 5 heteroatoms. The first-order valence-electron chi connectivity index (χ1n) is 4.85. The van der Waals surface area contributed by atoms with Crippen LogP contribution >= 0.6 is 0 Å². The van der Waals surface area contributed by atoms with Crippen molar-refractivity contribution in [2.45, 2.75) is 11.8 Å². The van der Waals surface area contributed by atoms with E-state index in [2.05, 4.69) is 4.72 Å². The number of allylic oxidation sites excluding steroid dienone is 1. The normalized spacial score (nSPS) is 11.9. The Labute approximate surface area is 96.0 Å². The van der Waals surface area contributed by atoms with Gasteiger partial charge in [-0.1, -0.05) is 12.2 Å². The van der Waals surface area contributed by atoms with Gasteiger partial charge in [-0.15, -0.1) is 0 Å². The molecule has 0 spiro atoms. The minimum absolute atomic E-state index is 0.234. The molecule has 0 atom stereocenters. The van der Waals surface area contributed by atoms with Crippen LogP contribution in [0.3, 0.4) is 0 Å². The van der Waals surface area contributed by atoms with E-state index in [9.17, 15) is 8.42 Å². The molecule has 0 radical (unpaired) electrons. The summed E-state index contributed by atoms with van der Waals surface area (Å²) < 4.78 is 30.9. The third-order valence-electron chi connectivity index (χ3n) is 2.00. The second-order valence-electron chi connectivity index (χ2n) is 3.10. The summed E-state index contributed by atoms with van der Waals surface area (Å²) in [5.74, 6) is 0.632. The Morgan fingerprint density at radius 1 is 1.31 bits per heavy atom. The molecule has 0 aliphatic rings. The maximum Gasteiger partial charge on any atom is 0.240 e. The number of methoxy groups -OCH3 is 1. The molecule has 0 heterocycles. The minimum atomic E-state index is -3.41. The monoisotopic (exact) mass is 241 g/mol. The molecule has 4 nitrogen and oxygen atoms in total. The highest BCUT2D eigenvalue weighted by atomic mass is 32.2. The van der Waals surface area contributed by atoms with E-state index in [0.29, 0.717) is 12.3 Å². The van der Waals surface area contributed by atoms with Crippen molar-refractivity contribution < 1.29 is 13.2 Å². The van der Waals surface area contributed by atoms with E-state index in [4.69, 9.17) is 4.74 Å². The molecule has 0 aromatic heterocycles. The second kappa shape index (κ2) is 5.67. The van der Waals surface area contributed by atoms with E-state index in [-0.39, 0.29) is 4.90 Å². The van der Waals surface area contributed by atoms with E-state index in [1.165, 1.54) is 19.2 Å². The van der Waals surface area contributed by atoms with Crippen molar-refractivity contribution in [3.05, 3.63) is 36.4 Å². The molecule has 0 bridgehead atoms. The summed E-state index contributed by atoms with van der Waals surface area (Å²) in [4.78, 5) is 0.234. The van der Waals surface area contributed by atoms with E-state index in [0.717, 1.165) is 0 Å². The van der Waals surface area contributed by atoms with Crippen LogP contribution in [0.5, 0.6) is 5.75 Å². The fourth-order valence-corrected chi connectivity index (χ4v) is 2.09. The van der Waals surface area contributed by atoms with Crippen LogP contribution in [-0.2, 0) is 10.0 Å². The summed E-state index contributed by atoms with van der Waals surface area (Å²) in [5, 5.41) is 0. The smallest absolute Gasteiger partial charge is 0.240 e. The Balaban J connectivity index is 2.81. The Kier molecular flexibility index (Phi) is 4.52. The lowest BCUT2D eigenvalue weighted by Crippen LogP contribution is -2.23. The number of hydrogen-bond donors (Lipinski definition) is 1. The van der Waals surface area contributed by atoms with Crippen molar-refractivity contribution in [2.24, 2.45) is 0 Å². The van der Waals surface area contributed by atoms with Gasteiger partial charge in [0.2, 0.25) is 10.0 Å². The lowest BCUT2D eigenvalue weighted by atomic mass is 10.3. The number of sulfonamides is 1. The molecule has 0 amide bonds. The van der Waals surface area contributed by atoms with Crippen LogP contribution in [-0.4, -0.2) is 22.1 Å². The third kappa shape index (κ3) is 3.36. The van der Waals surface area contributed by atoms with Crippen LogP contribution < -0.4 is 9.46 Å². The highest BCUT2D eigenvalue weighted by Gasteiger charge is 2.11. The molecule has 0 saturated carbocycles. The first kappa shape index (κ1) is 12.7. The topological polar surface area (TPSA) is 55.4 Å². The number of ether oxygens (including phenoxy) is 1. The van der Waals surface area contributed by atoms with Crippen LogP contribution in [0.25, 0.3) is 0 Å². The molecule has 1 aromatic rings. The largest absolute Gasteiger partial charge is 0.497 e. The zero-order chi connectivity index (χ0) is 12.0. The number of nitrogens with one attached hydrogen (secondary N) is 1. The molecule has 0 fully saturated rings. The summed E-state index contributed by atoms with van der Waals surface area (Å²) in [5.41, 5.74) is 0. The molecule has 0 saturated heterocycles. The molecule has 1 aromatic carbocycles. The van der Waals surface area contributed by atoms with Gasteiger partial charge in [-0.2, -0.15) is 0 Å². The van der Waals surface area contributed by atoms with Crippen molar-refractivity contribution in [3.8, 4) is 5.75 Å². The lowest BCUT2D eigenvalue weighted by Gasteiger charge is -2.05. The van der Waals surface area contributed by atoms with E-state index < -0.39 is 10.0 Å². The van der Waals surface area contributed by atoms with Gasteiger partial charge in [0.15, 0.2) is 0 Å². The molecule has 0 aliphatic heterocycles. The summed E-state index contributed by atoms with van der Waals surface area (Å²) in [6.07, 6.45) is 3.53. The fourth-order valence-electron chi connectivity index (χ4n) is 1.11. The van der Waals surface area contributed by atoms with Crippen LogP contribution in [0, 0.1) is 0 Å². The van der Waals surface area contributed by atoms with E-state index in [1.807, 2.05) is 6.92 Å². The van der Waals surface area contributed by atoms with Crippen molar-refractivity contribution in [2.75, 3.05) is 13.7 Å². The highest BCUT2D eigenvalue weighted by Crippen LogP contribution is 2.14. The van der Waals surface area contributed by atoms with Gasteiger partial charge in [0, 0.05) is 6.54 Å². The van der Waals surface area contributed by atoms with Gasteiger partial charge >= 0.3 is 0 Å². The van der Waals surface area contributed by atoms with Crippen LogP contribution in [0.2, 0.25) is 0 Å². The third-order valence-corrected chi connectivity index (χ3v) is 3.44. The van der Waals surface area contributed by atoms with Crippen LogP contribution in [0.1, 0.15) is 6.92 Å². The van der Waals surface area contributed by atoms with Gasteiger partial charge in [0.05, 0.1) is 12.0 Å². The van der Waals surface area contributed by atoms with Crippen molar-refractivity contribution >= 4 is 10.0 Å². The Morgan fingerprint density at radius 3 is 2.44 bits per heavy atom. The molecule has 1 rings (SSSR count). The average Bonchev–Trinajstić information content (AvgIpc) is 2.29. The molecule has 1 N–H and O–H groups in total. The quantitative estimate of drug-likeness (QED) is 0.796. The molecule has 0 aliphatic carbocycles. The van der Waals surface area contributed by atoms with Crippen molar-refractivity contribution in [1.82, 2.24) is 4.72 Å². The van der Waals surface area contributed by atoms with Gasteiger partial charge in [-0.05, 0) is 31.2 Å². The molecule has 16 heavy (non-hydrogen) atoms. The predicted octanol–water partition coefficient (Wildman–Crippen LogP) is 1.55. The van der Waals surface area contributed by atoms with E-state index in [1.54, 1.807) is 24.3 Å². The zero-order valence-corrected chi connectivity index (χ0v) is 10.1. The van der Waals surface area contributed by atoms with Gasteiger partial charge < -0.3 is 4.74 Å². The molecule has 0 unspecified atom stereocenters. The SMILES string of the molecule is C/C=C\CNS(=O)(=O)c1ccc(OC)cc1. The standard InChI is InChI=1S/C11H15NO3S/c1-3-4-9-12-16(13,14)11-7-5-10(15-2)6-8-11/h3-8,12H,9H2,1-2H3/b4-3-. The summed E-state index contributed by atoms with van der Waals surface area (Å²) >= 11 is 0. The van der Waals surface area contributed by atoms with Gasteiger partial charge in [-0.25, -0.2) is 13.1 Å². The first-order chi connectivity index (χ1) is 7.60. The molecule has 88 valence electrons. The van der Waals surface area contributed by atoms with Crippen molar-refractivity contribution in [3.63, 3.8) is 0 Å². The second-order valence-corrected chi connectivity index (χ2v) is 4.86. The Bertz CT molecular complexity index is 449. The average molecular weight is 241 g/mol. The summed E-state index contributed by atoms with van der Waals surface area (Å²) in [7, 11) is -1.88. The maximum absolute atomic E-state index is 11.7. The van der Waals surface area contributed by atoms with E-state index >= 15 is 0 Å². The first-order valence-corrected chi connectivity index (χ1v) is 6.33. The van der Waals surface area contributed by atoms with Gasteiger partial charge in [-0.3, -0.25) is 0 Å². The van der Waals surface area contributed by atoms with Crippen LogP contribution in [0.15, 0.2) is 41.3 Å². The van der Waals surface area contributed by atoms with Gasteiger partial charge in [0.25, 0.3) is 0 Å². The highest BCUT2D eigenvalue weighted by molar-refractivity contribution is 7.89. The Hall–Kier alpha value is -1.33. The fraction of sp³-hybridized carbons (Fsp3) is 0.273. The maximum atomic E-state index is 11.7. The number of benzene rings is 1. The number of hydrogen-bond acceptors (Lipinski definition) is 3. The predicted molar refractivity (Wildman–Crippen MR) is 63.0 cm³/mol. The van der Waals surface area contributed by atoms with Crippen LogP contribution in [0.4, 0.5) is 0 Å². The molecular formula is C11H15NO3S. The van der Waals surface area contributed by atoms with Gasteiger partial charge in [0.1, 0.15) is 5.75 Å². The number of rotatable bonds is 5. The van der Waals surface area contributed by atoms with Crippen molar-refractivity contribution in [1.29, 1.82) is 0 Å². The molecular weight excluding hydrogens is 226 g/mol. The Morgan fingerprint density at radius 2 is 1.94 bits per heavy atom. The minimum Gasteiger partial charge on any atom is -0.497 e.